The summed E-state index contributed by atoms with van der Waals surface area (Å²) in [4.78, 5) is 14.0. The van der Waals surface area contributed by atoms with Crippen molar-refractivity contribution in [1.29, 1.82) is 0 Å². The third-order valence-electron chi connectivity index (χ3n) is 2.75. The zero-order chi connectivity index (χ0) is 11.4. The quantitative estimate of drug-likeness (QED) is 0.532. The molecule has 0 bridgehead atoms. The Morgan fingerprint density at radius 1 is 1.60 bits per heavy atom. The molecule has 0 spiro atoms. The zero-order valence-electron chi connectivity index (χ0n) is 9.25. The van der Waals surface area contributed by atoms with Gasteiger partial charge in [-0.15, -0.1) is 0 Å². The third-order valence-corrected chi connectivity index (χ3v) is 3.31. The maximum Gasteiger partial charge on any atom is 0.341 e. The predicted octanol–water partition coefficient (Wildman–Crippen LogP) is 1.59. The van der Waals surface area contributed by atoms with Crippen molar-refractivity contribution in [2.75, 3.05) is 6.54 Å². The lowest BCUT2D eigenvalue weighted by atomic mass is 9.96. The van der Waals surface area contributed by atoms with E-state index in [4.69, 9.17) is 17.3 Å². The largest absolute Gasteiger partial charge is 0.580 e. The minimum atomic E-state index is 0.0411. The number of ketones is 1. The van der Waals surface area contributed by atoms with Gasteiger partial charge in [0.15, 0.2) is 5.78 Å². The first kappa shape index (κ1) is 12.2. The van der Waals surface area contributed by atoms with Crippen LogP contribution in [0.1, 0.15) is 33.1 Å². The molecule has 0 aromatic carbocycles. The van der Waals surface area contributed by atoms with Crippen LogP contribution in [-0.4, -0.2) is 27.3 Å². The molecule has 0 saturated carbocycles. The van der Waals surface area contributed by atoms with Crippen molar-refractivity contribution in [3.63, 3.8) is 0 Å². The van der Waals surface area contributed by atoms with E-state index in [-0.39, 0.29) is 17.6 Å². The molecule has 0 aromatic heterocycles. The smallest absolute Gasteiger partial charge is 0.341 e. The minimum Gasteiger partial charge on any atom is -0.580 e. The summed E-state index contributed by atoms with van der Waals surface area (Å²) in [5, 5.41) is 7.77. The summed E-state index contributed by atoms with van der Waals surface area (Å²) >= 11 is 5.36. The molecule has 15 heavy (non-hydrogen) atoms. The molecular formula is C11H18NO2S+. The summed E-state index contributed by atoms with van der Waals surface area (Å²) in [6, 6.07) is 0. The molecule has 4 heteroatoms. The Morgan fingerprint density at radius 3 is 2.80 bits per heavy atom. The topological polar surface area (TPSA) is 43.2 Å². The summed E-state index contributed by atoms with van der Waals surface area (Å²) in [7, 11) is 0. The van der Waals surface area contributed by atoms with Crippen molar-refractivity contribution in [2.24, 2.45) is 5.92 Å². The van der Waals surface area contributed by atoms with Crippen LogP contribution in [0.15, 0.2) is 12.0 Å². The fourth-order valence-electron chi connectivity index (χ4n) is 1.79. The van der Waals surface area contributed by atoms with E-state index in [0.29, 0.717) is 13.0 Å². The molecule has 0 saturated heterocycles. The van der Waals surface area contributed by atoms with E-state index in [1.165, 1.54) is 6.08 Å². The lowest BCUT2D eigenvalue weighted by Gasteiger charge is -2.26. The number of carbonyl (C=O) groups excluding carboxylic acids is 1. The van der Waals surface area contributed by atoms with Gasteiger partial charge in [-0.1, -0.05) is 19.1 Å². The van der Waals surface area contributed by atoms with Crippen molar-refractivity contribution in [1.82, 2.24) is 4.90 Å². The Hall–Kier alpha value is -0.900. The lowest BCUT2D eigenvalue weighted by molar-refractivity contribution is -0.115. The molecule has 0 aromatic rings. The van der Waals surface area contributed by atoms with E-state index in [9.17, 15) is 4.79 Å². The van der Waals surface area contributed by atoms with Crippen LogP contribution in [0.3, 0.4) is 0 Å². The van der Waals surface area contributed by atoms with Gasteiger partial charge in [0, 0.05) is 18.9 Å². The Balaban J connectivity index is 2.97. The number of hydrogen-bond acceptors (Lipinski definition) is 2. The molecule has 1 atom stereocenters. The van der Waals surface area contributed by atoms with Crippen LogP contribution < -0.4 is 0 Å². The predicted molar refractivity (Wildman–Crippen MR) is 64.7 cm³/mol. The highest BCUT2D eigenvalue weighted by atomic mass is 32.1. The molecule has 0 fully saturated rings. The van der Waals surface area contributed by atoms with Gasteiger partial charge >= 0.3 is 5.88 Å². The number of allylic oxidation sites excluding steroid dienone is 1. The molecule has 1 aliphatic heterocycles. The number of thiocarbonyl (C=S) groups is 1. The van der Waals surface area contributed by atoms with Gasteiger partial charge in [0.25, 0.3) is 0 Å². The van der Waals surface area contributed by atoms with Crippen LogP contribution in [-0.2, 0) is 4.79 Å². The summed E-state index contributed by atoms with van der Waals surface area (Å²) in [6.07, 6.45) is 3.66. The normalized spacial score (nSPS) is 26.9. The standard InChI is InChI=1S/C11H17NO2S/c1-3-8-5-6-9(13)7-10(14)12(4-2)11(8)15/h7-8,14H,3-6H2,1-2H3/p+1/b10-7+. The van der Waals surface area contributed by atoms with Crippen LogP contribution in [0.2, 0.25) is 0 Å². The number of nitrogens with zero attached hydrogens (tertiary/aromatic N) is 1. The third kappa shape index (κ3) is 2.78. The molecule has 0 amide bonds. The first-order valence-corrected chi connectivity index (χ1v) is 5.78. The summed E-state index contributed by atoms with van der Waals surface area (Å²) in [5.74, 6) is 0.544. The average Bonchev–Trinajstić information content (AvgIpc) is 2.18. The fourth-order valence-corrected chi connectivity index (χ4v) is 2.30. The van der Waals surface area contributed by atoms with E-state index >= 15 is 0 Å². The highest BCUT2D eigenvalue weighted by molar-refractivity contribution is 7.80. The van der Waals surface area contributed by atoms with E-state index in [1.54, 1.807) is 4.90 Å². The van der Waals surface area contributed by atoms with E-state index < -0.39 is 0 Å². The van der Waals surface area contributed by atoms with Gasteiger partial charge < -0.3 is 5.11 Å². The van der Waals surface area contributed by atoms with Gasteiger partial charge in [-0.3, -0.25) is 9.69 Å². The van der Waals surface area contributed by atoms with E-state index in [0.717, 1.165) is 17.8 Å². The van der Waals surface area contributed by atoms with E-state index in [1.807, 2.05) is 6.92 Å². The molecule has 0 aliphatic carbocycles. The van der Waals surface area contributed by atoms with Crippen molar-refractivity contribution in [3.8, 4) is 0 Å². The second-order valence-corrected chi connectivity index (χ2v) is 4.14. The van der Waals surface area contributed by atoms with Gasteiger partial charge in [-0.25, -0.2) is 0 Å². The molecule has 0 radical (unpaired) electrons. The maximum absolute atomic E-state index is 11.4. The summed E-state index contributed by atoms with van der Waals surface area (Å²) < 4.78 is 0. The van der Waals surface area contributed by atoms with Gasteiger partial charge in [-0.2, -0.15) is 0 Å². The molecule has 1 heterocycles. The number of hydrogen-bond donors (Lipinski definition) is 0. The Bertz CT molecular complexity index is 299. The molecule has 3 nitrogen and oxygen atoms in total. The van der Waals surface area contributed by atoms with Crippen molar-refractivity contribution < 1.29 is 9.90 Å². The first-order valence-electron chi connectivity index (χ1n) is 5.37. The van der Waals surface area contributed by atoms with Crippen molar-refractivity contribution >= 4 is 23.0 Å². The van der Waals surface area contributed by atoms with Crippen molar-refractivity contribution in [3.05, 3.63) is 12.0 Å². The molecule has 1 rings (SSSR count). The zero-order valence-corrected chi connectivity index (χ0v) is 10.1. The minimum absolute atomic E-state index is 0.0411. The second kappa shape index (κ2) is 5.26. The van der Waals surface area contributed by atoms with Crippen LogP contribution in [0.4, 0.5) is 0 Å². The van der Waals surface area contributed by atoms with Gasteiger partial charge in [0.05, 0.1) is 11.1 Å². The number of rotatable bonds is 2. The second-order valence-electron chi connectivity index (χ2n) is 3.72. The lowest BCUT2D eigenvalue weighted by Crippen LogP contribution is -2.35. The summed E-state index contributed by atoms with van der Waals surface area (Å²) in [5.41, 5.74) is 0. The molecule has 1 aliphatic rings. The SMILES string of the molecule is CCC1CCC(=O)/C=C(/[OH2+])N(CC)C1=S. The molecular weight excluding hydrogens is 210 g/mol. The van der Waals surface area contributed by atoms with Gasteiger partial charge in [-0.05, 0) is 19.8 Å². The first-order chi connectivity index (χ1) is 7.10. The Kier molecular flexibility index (Phi) is 4.27. The Morgan fingerprint density at radius 2 is 2.27 bits per heavy atom. The number of carbonyl (C=O) groups is 1. The van der Waals surface area contributed by atoms with Crippen LogP contribution >= 0.6 is 12.2 Å². The highest BCUT2D eigenvalue weighted by Crippen LogP contribution is 2.21. The average molecular weight is 228 g/mol. The van der Waals surface area contributed by atoms with Crippen LogP contribution in [0.5, 0.6) is 0 Å². The maximum atomic E-state index is 11.4. The highest BCUT2D eigenvalue weighted by Gasteiger charge is 2.26. The molecule has 2 N–H and O–H groups in total. The van der Waals surface area contributed by atoms with Gasteiger partial charge in [0.2, 0.25) is 0 Å². The van der Waals surface area contributed by atoms with E-state index in [2.05, 4.69) is 6.92 Å². The van der Waals surface area contributed by atoms with Crippen LogP contribution in [0.25, 0.3) is 0 Å². The van der Waals surface area contributed by atoms with Crippen molar-refractivity contribution in [2.45, 2.75) is 33.1 Å². The summed E-state index contributed by atoms with van der Waals surface area (Å²) in [6.45, 7) is 4.69. The van der Waals surface area contributed by atoms with Crippen LogP contribution in [0, 0.1) is 5.92 Å². The monoisotopic (exact) mass is 228 g/mol. The molecule has 84 valence electrons. The fraction of sp³-hybridized carbons (Fsp3) is 0.636. The molecule has 1 unspecified atom stereocenters. The van der Waals surface area contributed by atoms with Gasteiger partial charge in [0.1, 0.15) is 0 Å². The Labute approximate surface area is 95.8 Å².